The minimum atomic E-state index is -0.281. The lowest BCUT2D eigenvalue weighted by molar-refractivity contribution is -0.118. The van der Waals surface area contributed by atoms with E-state index in [2.05, 4.69) is 31.3 Å². The summed E-state index contributed by atoms with van der Waals surface area (Å²) < 4.78 is 15.3. The number of carbonyl (C=O) groups excluding carboxylic acids is 1. The lowest BCUT2D eigenvalue weighted by atomic mass is 9.69. The SMILES string of the molecule is Cc1nn(-c2ccc(F)cc2)c2c1C(c1ccccc1)C1=C(CC(C)(C)CC1=O)N2. The third kappa shape index (κ3) is 2.96. The number of nitrogens with zero attached hydrogens (tertiary/aromatic N) is 2. The summed E-state index contributed by atoms with van der Waals surface area (Å²) in [4.78, 5) is 13.3. The Morgan fingerprint density at radius 1 is 1.07 bits per heavy atom. The summed E-state index contributed by atoms with van der Waals surface area (Å²) in [7, 11) is 0. The summed E-state index contributed by atoms with van der Waals surface area (Å²) in [6.45, 7) is 6.23. The maximum Gasteiger partial charge on any atom is 0.162 e. The molecule has 0 fully saturated rings. The van der Waals surface area contributed by atoms with Crippen LogP contribution in [0.2, 0.25) is 0 Å². The summed E-state index contributed by atoms with van der Waals surface area (Å²) >= 11 is 0. The van der Waals surface area contributed by atoms with Crippen LogP contribution in [0.15, 0.2) is 65.9 Å². The van der Waals surface area contributed by atoms with E-state index < -0.39 is 0 Å². The number of aromatic nitrogens is 2. The maximum atomic E-state index is 13.5. The van der Waals surface area contributed by atoms with Crippen molar-refractivity contribution in [2.75, 3.05) is 5.32 Å². The van der Waals surface area contributed by atoms with Gasteiger partial charge in [-0.2, -0.15) is 5.10 Å². The molecule has 0 saturated carbocycles. The van der Waals surface area contributed by atoms with Gasteiger partial charge >= 0.3 is 0 Å². The van der Waals surface area contributed by atoms with Gasteiger partial charge in [0.05, 0.1) is 11.4 Å². The number of benzene rings is 2. The molecule has 0 saturated heterocycles. The number of carbonyl (C=O) groups is 1. The van der Waals surface area contributed by atoms with Gasteiger partial charge in [-0.25, -0.2) is 9.07 Å². The molecule has 5 heteroatoms. The van der Waals surface area contributed by atoms with Gasteiger partial charge < -0.3 is 5.32 Å². The molecule has 2 aromatic carbocycles. The molecule has 4 nitrogen and oxygen atoms in total. The Bertz CT molecular complexity index is 1170. The van der Waals surface area contributed by atoms with Gasteiger partial charge in [-0.3, -0.25) is 4.79 Å². The van der Waals surface area contributed by atoms with Crippen molar-refractivity contribution in [2.45, 2.75) is 39.5 Å². The zero-order valence-electron chi connectivity index (χ0n) is 17.4. The van der Waals surface area contributed by atoms with E-state index in [9.17, 15) is 9.18 Å². The Hall–Kier alpha value is -3.21. The fraction of sp³-hybridized carbons (Fsp3) is 0.280. The molecule has 1 N–H and O–H groups in total. The number of allylic oxidation sites excluding steroid dienone is 2. The number of hydrogen-bond donors (Lipinski definition) is 1. The average Bonchev–Trinajstić information content (AvgIpc) is 3.03. The highest BCUT2D eigenvalue weighted by Crippen LogP contribution is 2.50. The molecule has 1 aromatic heterocycles. The fourth-order valence-electron chi connectivity index (χ4n) is 4.82. The van der Waals surface area contributed by atoms with Crippen LogP contribution in [-0.4, -0.2) is 15.6 Å². The highest BCUT2D eigenvalue weighted by atomic mass is 19.1. The topological polar surface area (TPSA) is 46.9 Å². The van der Waals surface area contributed by atoms with Crippen molar-refractivity contribution in [2.24, 2.45) is 5.41 Å². The molecule has 0 bridgehead atoms. The van der Waals surface area contributed by atoms with Crippen LogP contribution in [0.4, 0.5) is 10.2 Å². The van der Waals surface area contributed by atoms with Gasteiger partial charge in [0.2, 0.25) is 0 Å². The molecule has 1 atom stereocenters. The van der Waals surface area contributed by atoms with E-state index in [1.807, 2.05) is 29.8 Å². The number of rotatable bonds is 2. The first kappa shape index (κ1) is 18.8. The number of ketones is 1. The molecule has 2 aliphatic rings. The van der Waals surface area contributed by atoms with E-state index in [-0.39, 0.29) is 22.9 Å². The van der Waals surface area contributed by atoms with Crippen LogP contribution in [0.1, 0.15) is 49.4 Å². The molecule has 30 heavy (non-hydrogen) atoms. The molecule has 0 amide bonds. The lowest BCUT2D eigenvalue weighted by Gasteiger charge is -2.38. The molecule has 3 aromatic rings. The highest BCUT2D eigenvalue weighted by molar-refractivity contribution is 6.01. The number of fused-ring (bicyclic) bond motifs is 1. The first-order chi connectivity index (χ1) is 14.3. The summed E-state index contributed by atoms with van der Waals surface area (Å²) in [6, 6.07) is 16.5. The minimum Gasteiger partial charge on any atom is -0.343 e. The maximum absolute atomic E-state index is 13.5. The zero-order valence-corrected chi connectivity index (χ0v) is 17.4. The third-order valence-electron chi connectivity index (χ3n) is 6.08. The Morgan fingerprint density at radius 2 is 1.77 bits per heavy atom. The highest BCUT2D eigenvalue weighted by Gasteiger charge is 2.42. The zero-order chi connectivity index (χ0) is 21.0. The molecular formula is C25H24FN3O. The van der Waals surface area contributed by atoms with E-state index >= 15 is 0 Å². The van der Waals surface area contributed by atoms with Gasteiger partial charge in [-0.15, -0.1) is 0 Å². The van der Waals surface area contributed by atoms with E-state index in [4.69, 9.17) is 5.10 Å². The van der Waals surface area contributed by atoms with Crippen LogP contribution >= 0.6 is 0 Å². The Labute approximate surface area is 175 Å². The van der Waals surface area contributed by atoms with Crippen molar-refractivity contribution in [3.8, 4) is 5.69 Å². The molecule has 1 aliphatic heterocycles. The van der Waals surface area contributed by atoms with Crippen molar-refractivity contribution in [1.82, 2.24) is 9.78 Å². The number of Topliss-reactive ketones (excluding diaryl/α,β-unsaturated/α-hetero) is 1. The van der Waals surface area contributed by atoms with Crippen LogP contribution in [0, 0.1) is 18.2 Å². The van der Waals surface area contributed by atoms with Crippen LogP contribution in [0.25, 0.3) is 5.69 Å². The monoisotopic (exact) mass is 401 g/mol. The first-order valence-electron chi connectivity index (χ1n) is 10.3. The molecule has 2 heterocycles. The lowest BCUT2D eigenvalue weighted by Crippen LogP contribution is -2.34. The normalized spacial score (nSPS) is 19.9. The van der Waals surface area contributed by atoms with Crippen molar-refractivity contribution < 1.29 is 9.18 Å². The molecule has 5 rings (SSSR count). The van der Waals surface area contributed by atoms with Crippen LogP contribution in [-0.2, 0) is 4.79 Å². The summed E-state index contributed by atoms with van der Waals surface area (Å²) in [5.74, 6) is 0.617. The Balaban J connectivity index is 1.75. The summed E-state index contributed by atoms with van der Waals surface area (Å²) in [5.41, 5.74) is 5.47. The van der Waals surface area contributed by atoms with Gasteiger partial charge in [0.1, 0.15) is 11.6 Å². The average molecular weight is 401 g/mol. The van der Waals surface area contributed by atoms with Crippen LogP contribution < -0.4 is 5.32 Å². The number of nitrogens with one attached hydrogen (secondary N) is 1. The largest absolute Gasteiger partial charge is 0.343 e. The number of anilines is 1. The summed E-state index contributed by atoms with van der Waals surface area (Å²) in [6.07, 6.45) is 1.34. The fourth-order valence-corrected chi connectivity index (χ4v) is 4.82. The Morgan fingerprint density at radius 3 is 2.47 bits per heavy atom. The van der Waals surface area contributed by atoms with E-state index in [1.165, 1.54) is 12.1 Å². The molecule has 0 spiro atoms. The predicted octanol–water partition coefficient (Wildman–Crippen LogP) is 5.52. The second-order valence-electron chi connectivity index (χ2n) is 9.04. The predicted molar refractivity (Wildman–Crippen MR) is 115 cm³/mol. The standard InChI is InChI=1S/C25H24FN3O/c1-15-21-22(16-7-5-4-6-8-16)23-19(13-25(2,3)14-20(23)30)27-24(21)29(28-15)18-11-9-17(26)10-12-18/h4-12,22,27H,13-14H2,1-3H3. The van der Waals surface area contributed by atoms with Gasteiger partial charge in [-0.1, -0.05) is 44.2 Å². The van der Waals surface area contributed by atoms with E-state index in [0.29, 0.717) is 6.42 Å². The molecule has 1 aliphatic carbocycles. The molecular weight excluding hydrogens is 377 g/mol. The third-order valence-corrected chi connectivity index (χ3v) is 6.08. The molecule has 152 valence electrons. The van der Waals surface area contributed by atoms with Crippen molar-refractivity contribution in [1.29, 1.82) is 0 Å². The van der Waals surface area contributed by atoms with Crippen molar-refractivity contribution >= 4 is 11.6 Å². The van der Waals surface area contributed by atoms with Crippen molar-refractivity contribution in [3.63, 3.8) is 0 Å². The van der Waals surface area contributed by atoms with Crippen LogP contribution in [0.5, 0.6) is 0 Å². The summed E-state index contributed by atoms with van der Waals surface area (Å²) in [5, 5.41) is 8.33. The van der Waals surface area contributed by atoms with E-state index in [0.717, 1.165) is 46.0 Å². The van der Waals surface area contributed by atoms with E-state index in [1.54, 1.807) is 12.1 Å². The smallest absolute Gasteiger partial charge is 0.162 e. The van der Waals surface area contributed by atoms with Gasteiger partial charge in [0.25, 0.3) is 0 Å². The number of hydrogen-bond acceptors (Lipinski definition) is 3. The minimum absolute atomic E-state index is 0.0998. The molecule has 0 radical (unpaired) electrons. The number of aryl methyl sites for hydroxylation is 1. The van der Waals surface area contributed by atoms with Crippen LogP contribution in [0.3, 0.4) is 0 Å². The molecule has 1 unspecified atom stereocenters. The Kier molecular flexibility index (Phi) is 4.17. The van der Waals surface area contributed by atoms with Gasteiger partial charge in [0, 0.05) is 29.2 Å². The van der Waals surface area contributed by atoms with Crippen molar-refractivity contribution in [3.05, 3.63) is 88.5 Å². The first-order valence-corrected chi connectivity index (χ1v) is 10.3. The number of halogens is 1. The van der Waals surface area contributed by atoms with Gasteiger partial charge in [0.15, 0.2) is 5.78 Å². The quantitative estimate of drug-likeness (QED) is 0.615. The van der Waals surface area contributed by atoms with Gasteiger partial charge in [-0.05, 0) is 48.6 Å². The second-order valence-corrected chi connectivity index (χ2v) is 9.04. The second kappa shape index (κ2) is 6.66.